The molecular weight excluding hydrogens is 242 g/mol. The number of rotatable bonds is 6. The van der Waals surface area contributed by atoms with E-state index in [0.29, 0.717) is 5.92 Å². The Morgan fingerprint density at radius 2 is 1.94 bits per heavy atom. The molecular formula is C15H25NOS. The molecule has 0 radical (unpaired) electrons. The second-order valence-electron chi connectivity index (χ2n) is 5.70. The minimum atomic E-state index is 0.172. The van der Waals surface area contributed by atoms with E-state index in [9.17, 15) is 0 Å². The highest BCUT2D eigenvalue weighted by Crippen LogP contribution is 2.27. The molecule has 0 aliphatic heterocycles. The summed E-state index contributed by atoms with van der Waals surface area (Å²) < 4.78 is 5.89. The van der Waals surface area contributed by atoms with E-state index in [-0.39, 0.29) is 5.54 Å². The van der Waals surface area contributed by atoms with Gasteiger partial charge in [-0.25, -0.2) is 0 Å². The summed E-state index contributed by atoms with van der Waals surface area (Å²) in [6, 6.07) is 8.20. The molecule has 1 N–H and O–H groups in total. The number of nitrogens with one attached hydrogen (secondary N) is 1. The molecule has 0 aliphatic rings. The van der Waals surface area contributed by atoms with E-state index in [0.717, 1.165) is 18.9 Å². The lowest BCUT2D eigenvalue weighted by molar-refractivity contribution is 0.240. The van der Waals surface area contributed by atoms with Gasteiger partial charge in [-0.15, -0.1) is 11.8 Å². The number of thioether (sulfide) groups is 1. The van der Waals surface area contributed by atoms with Crippen LogP contribution < -0.4 is 10.1 Å². The molecule has 1 rings (SSSR count). The molecule has 1 aromatic carbocycles. The second kappa shape index (κ2) is 7.05. The maximum absolute atomic E-state index is 5.89. The molecule has 2 nitrogen and oxygen atoms in total. The van der Waals surface area contributed by atoms with Crippen LogP contribution in [0.1, 0.15) is 27.7 Å². The predicted molar refractivity (Wildman–Crippen MR) is 80.6 cm³/mol. The largest absolute Gasteiger partial charge is 0.492 e. The van der Waals surface area contributed by atoms with Crippen LogP contribution in [-0.2, 0) is 0 Å². The maximum atomic E-state index is 5.89. The highest BCUT2D eigenvalue weighted by atomic mass is 32.2. The lowest BCUT2D eigenvalue weighted by Gasteiger charge is -2.23. The van der Waals surface area contributed by atoms with Crippen LogP contribution >= 0.6 is 11.8 Å². The van der Waals surface area contributed by atoms with Crippen molar-refractivity contribution in [2.75, 3.05) is 19.4 Å². The van der Waals surface area contributed by atoms with Crippen molar-refractivity contribution in [2.24, 2.45) is 5.92 Å². The number of ether oxygens (including phenoxy) is 1. The molecule has 0 bridgehead atoms. The Bertz CT molecular complexity index is 360. The van der Waals surface area contributed by atoms with Crippen molar-refractivity contribution in [3.63, 3.8) is 0 Å². The van der Waals surface area contributed by atoms with Gasteiger partial charge in [-0.05, 0) is 39.2 Å². The first kappa shape index (κ1) is 15.4. The van der Waals surface area contributed by atoms with Gasteiger partial charge >= 0.3 is 0 Å². The Balaban J connectivity index is 2.40. The molecule has 18 heavy (non-hydrogen) atoms. The molecule has 0 saturated heterocycles. The predicted octanol–water partition coefficient (Wildman–Crippen LogP) is 3.81. The van der Waals surface area contributed by atoms with Crippen molar-refractivity contribution in [3.8, 4) is 5.75 Å². The van der Waals surface area contributed by atoms with Gasteiger partial charge in [-0.1, -0.05) is 19.1 Å². The monoisotopic (exact) mass is 267 g/mol. The molecule has 1 atom stereocenters. The third-order valence-electron chi connectivity index (χ3n) is 2.57. The summed E-state index contributed by atoms with van der Waals surface area (Å²) in [5, 5.41) is 3.50. The van der Waals surface area contributed by atoms with Crippen LogP contribution in [0, 0.1) is 5.92 Å². The summed E-state index contributed by atoms with van der Waals surface area (Å²) in [7, 11) is 0. The highest BCUT2D eigenvalue weighted by molar-refractivity contribution is 7.98. The molecule has 0 aromatic heterocycles. The van der Waals surface area contributed by atoms with Gasteiger partial charge in [0.15, 0.2) is 0 Å². The van der Waals surface area contributed by atoms with Gasteiger partial charge in [0.05, 0.1) is 6.61 Å². The zero-order valence-electron chi connectivity index (χ0n) is 12.1. The zero-order chi connectivity index (χ0) is 13.6. The lowest BCUT2D eigenvalue weighted by atomic mass is 10.1. The third-order valence-corrected chi connectivity index (χ3v) is 3.35. The number of hydrogen-bond donors (Lipinski definition) is 1. The average Bonchev–Trinajstić information content (AvgIpc) is 2.33. The topological polar surface area (TPSA) is 21.3 Å². The fraction of sp³-hybridized carbons (Fsp3) is 0.600. The summed E-state index contributed by atoms with van der Waals surface area (Å²) in [6.45, 7) is 10.5. The fourth-order valence-corrected chi connectivity index (χ4v) is 2.05. The average molecular weight is 267 g/mol. The van der Waals surface area contributed by atoms with Crippen LogP contribution in [0.15, 0.2) is 29.2 Å². The van der Waals surface area contributed by atoms with Gasteiger partial charge in [0.2, 0.25) is 0 Å². The second-order valence-corrected chi connectivity index (χ2v) is 6.55. The van der Waals surface area contributed by atoms with Crippen molar-refractivity contribution >= 4 is 11.8 Å². The van der Waals surface area contributed by atoms with Crippen LogP contribution in [0.25, 0.3) is 0 Å². The van der Waals surface area contributed by atoms with E-state index < -0.39 is 0 Å². The Hall–Kier alpha value is -0.670. The Morgan fingerprint density at radius 1 is 1.28 bits per heavy atom. The van der Waals surface area contributed by atoms with Gasteiger partial charge in [0.25, 0.3) is 0 Å². The molecule has 0 spiro atoms. The van der Waals surface area contributed by atoms with Gasteiger partial charge in [0, 0.05) is 22.9 Å². The lowest BCUT2D eigenvalue weighted by Crippen LogP contribution is -2.39. The summed E-state index contributed by atoms with van der Waals surface area (Å²) >= 11 is 1.72. The van der Waals surface area contributed by atoms with Crippen molar-refractivity contribution in [3.05, 3.63) is 24.3 Å². The van der Waals surface area contributed by atoms with E-state index >= 15 is 0 Å². The van der Waals surface area contributed by atoms with Gasteiger partial charge in [-0.2, -0.15) is 0 Å². The zero-order valence-corrected chi connectivity index (χ0v) is 12.9. The van der Waals surface area contributed by atoms with Gasteiger partial charge < -0.3 is 10.1 Å². The Labute approximate surface area is 116 Å². The molecule has 1 unspecified atom stereocenters. The van der Waals surface area contributed by atoms with Gasteiger partial charge in [-0.3, -0.25) is 0 Å². The summed E-state index contributed by atoms with van der Waals surface area (Å²) in [5.74, 6) is 1.49. The molecule has 102 valence electrons. The van der Waals surface area contributed by atoms with Crippen LogP contribution in [-0.4, -0.2) is 24.9 Å². The maximum Gasteiger partial charge on any atom is 0.132 e. The van der Waals surface area contributed by atoms with E-state index in [1.165, 1.54) is 4.90 Å². The quantitative estimate of drug-likeness (QED) is 0.792. The minimum absolute atomic E-state index is 0.172. The number of benzene rings is 1. The first-order chi connectivity index (χ1) is 8.42. The summed E-state index contributed by atoms with van der Waals surface area (Å²) in [5.41, 5.74) is 0.172. The van der Waals surface area contributed by atoms with Crippen molar-refractivity contribution < 1.29 is 4.74 Å². The summed E-state index contributed by atoms with van der Waals surface area (Å²) in [4.78, 5) is 1.20. The van der Waals surface area contributed by atoms with Gasteiger partial charge in [0.1, 0.15) is 5.75 Å². The smallest absolute Gasteiger partial charge is 0.132 e. The Kier molecular flexibility index (Phi) is 6.03. The van der Waals surface area contributed by atoms with Crippen LogP contribution in [0.2, 0.25) is 0 Å². The normalized spacial score (nSPS) is 13.4. The summed E-state index contributed by atoms with van der Waals surface area (Å²) in [6.07, 6.45) is 2.08. The SMILES string of the molecule is CSc1ccccc1OCC(C)CNC(C)(C)C. The van der Waals surface area contributed by atoms with Crippen molar-refractivity contribution in [1.82, 2.24) is 5.32 Å². The van der Waals surface area contributed by atoms with E-state index in [1.54, 1.807) is 11.8 Å². The molecule has 0 aliphatic carbocycles. The highest BCUT2D eigenvalue weighted by Gasteiger charge is 2.12. The molecule has 0 amide bonds. The standard InChI is InChI=1S/C15H25NOS/c1-12(10-16-15(2,3)4)11-17-13-8-6-7-9-14(13)18-5/h6-9,12,16H,10-11H2,1-5H3. The molecule has 1 aromatic rings. The van der Waals surface area contributed by atoms with Crippen molar-refractivity contribution in [2.45, 2.75) is 38.1 Å². The first-order valence-electron chi connectivity index (χ1n) is 6.43. The third kappa shape index (κ3) is 5.78. The van der Waals surface area contributed by atoms with E-state index in [4.69, 9.17) is 4.74 Å². The van der Waals surface area contributed by atoms with E-state index in [2.05, 4.69) is 45.3 Å². The van der Waals surface area contributed by atoms with Crippen LogP contribution in [0.4, 0.5) is 0 Å². The van der Waals surface area contributed by atoms with Crippen LogP contribution in [0.5, 0.6) is 5.75 Å². The fourth-order valence-electron chi connectivity index (χ4n) is 1.51. The van der Waals surface area contributed by atoms with E-state index in [1.807, 2.05) is 18.2 Å². The molecule has 0 saturated carbocycles. The Morgan fingerprint density at radius 3 is 2.56 bits per heavy atom. The first-order valence-corrected chi connectivity index (χ1v) is 7.65. The number of hydrogen-bond acceptors (Lipinski definition) is 3. The number of para-hydroxylation sites is 1. The molecule has 3 heteroatoms. The molecule has 0 fully saturated rings. The minimum Gasteiger partial charge on any atom is -0.492 e. The van der Waals surface area contributed by atoms with Crippen LogP contribution in [0.3, 0.4) is 0 Å². The van der Waals surface area contributed by atoms with Crippen molar-refractivity contribution in [1.29, 1.82) is 0 Å². The molecule has 0 heterocycles.